The lowest BCUT2D eigenvalue weighted by Gasteiger charge is -2.17. The van der Waals surface area contributed by atoms with Crippen LogP contribution in [0.25, 0.3) is 0 Å². The average molecular weight is 298 g/mol. The van der Waals surface area contributed by atoms with Crippen LogP contribution in [0, 0.1) is 0 Å². The molecule has 17 heavy (non-hydrogen) atoms. The molecule has 1 aromatic rings. The van der Waals surface area contributed by atoms with Crippen molar-refractivity contribution in [1.29, 1.82) is 0 Å². The van der Waals surface area contributed by atoms with Crippen molar-refractivity contribution in [3.8, 4) is 5.75 Å². The number of benzene rings is 1. The summed E-state index contributed by atoms with van der Waals surface area (Å²) in [5, 5.41) is 0. The van der Waals surface area contributed by atoms with Crippen LogP contribution in [0.1, 0.15) is 43.7 Å². The topological polar surface area (TPSA) is 35.2 Å². The predicted octanol–water partition coefficient (Wildman–Crippen LogP) is 3.61. The maximum absolute atomic E-state index is 6.18. The first-order chi connectivity index (χ1) is 7.95. The van der Waals surface area contributed by atoms with Gasteiger partial charge in [-0.3, -0.25) is 0 Å². The van der Waals surface area contributed by atoms with Crippen LogP contribution in [0.2, 0.25) is 0 Å². The second kappa shape index (κ2) is 4.62. The van der Waals surface area contributed by atoms with Crippen molar-refractivity contribution in [2.45, 2.75) is 44.6 Å². The third-order valence-corrected chi connectivity index (χ3v) is 4.00. The van der Waals surface area contributed by atoms with Gasteiger partial charge in [0.25, 0.3) is 0 Å². The highest BCUT2D eigenvalue weighted by molar-refractivity contribution is 9.10. The van der Waals surface area contributed by atoms with Crippen molar-refractivity contribution in [2.75, 3.05) is 7.11 Å². The number of hydrogen-bond donors (Lipinski definition) is 1. The summed E-state index contributed by atoms with van der Waals surface area (Å²) in [6, 6.07) is 4.37. The molecule has 2 N–H and O–H groups in total. The van der Waals surface area contributed by atoms with Crippen LogP contribution in [0.4, 0.5) is 0 Å². The van der Waals surface area contributed by atoms with Crippen molar-refractivity contribution >= 4 is 15.9 Å². The van der Waals surface area contributed by atoms with Gasteiger partial charge in [-0.05, 0) is 58.3 Å². The molecule has 3 heteroatoms. The van der Waals surface area contributed by atoms with Crippen molar-refractivity contribution in [3.63, 3.8) is 0 Å². The second-order valence-corrected chi connectivity index (χ2v) is 6.25. The Kier molecular flexibility index (Phi) is 3.50. The Balaban J connectivity index is 2.35. The molecule has 2 nitrogen and oxygen atoms in total. The number of hydrogen-bond acceptors (Lipinski definition) is 2. The zero-order valence-electron chi connectivity index (χ0n) is 10.7. The van der Waals surface area contributed by atoms with Crippen LogP contribution in [-0.4, -0.2) is 12.6 Å². The molecule has 0 saturated heterocycles. The Morgan fingerprint density at radius 2 is 2.06 bits per heavy atom. The number of halogens is 1. The van der Waals surface area contributed by atoms with Crippen molar-refractivity contribution in [2.24, 2.45) is 5.73 Å². The third kappa shape index (κ3) is 2.83. The first-order valence-electron chi connectivity index (χ1n) is 6.10. The summed E-state index contributed by atoms with van der Waals surface area (Å²) < 4.78 is 6.49. The molecule has 1 saturated carbocycles. The van der Waals surface area contributed by atoms with Gasteiger partial charge in [-0.25, -0.2) is 0 Å². The van der Waals surface area contributed by atoms with Gasteiger partial charge >= 0.3 is 0 Å². The van der Waals surface area contributed by atoms with E-state index < -0.39 is 0 Å². The molecule has 2 rings (SSSR count). The fourth-order valence-electron chi connectivity index (χ4n) is 2.16. The number of methoxy groups -OCH3 is 1. The van der Waals surface area contributed by atoms with E-state index in [0.29, 0.717) is 5.92 Å². The van der Waals surface area contributed by atoms with Crippen LogP contribution in [-0.2, 0) is 6.42 Å². The lowest BCUT2D eigenvalue weighted by Crippen LogP contribution is -2.24. The first-order valence-corrected chi connectivity index (χ1v) is 6.90. The van der Waals surface area contributed by atoms with E-state index in [-0.39, 0.29) is 5.54 Å². The highest BCUT2D eigenvalue weighted by atomic mass is 79.9. The Morgan fingerprint density at radius 3 is 2.53 bits per heavy atom. The molecule has 0 heterocycles. The normalized spacial score (nSPS) is 17.3. The van der Waals surface area contributed by atoms with Crippen LogP contribution >= 0.6 is 15.9 Å². The molecule has 1 aromatic carbocycles. The van der Waals surface area contributed by atoms with Crippen LogP contribution < -0.4 is 10.5 Å². The van der Waals surface area contributed by atoms with Gasteiger partial charge in [0.15, 0.2) is 0 Å². The van der Waals surface area contributed by atoms with E-state index in [4.69, 9.17) is 10.5 Å². The Hall–Kier alpha value is -0.540. The molecule has 0 radical (unpaired) electrons. The van der Waals surface area contributed by atoms with E-state index in [2.05, 4.69) is 41.9 Å². The molecule has 0 unspecified atom stereocenters. The average Bonchev–Trinajstić information content (AvgIpc) is 2.95. The molecule has 0 atom stereocenters. The van der Waals surface area contributed by atoms with Gasteiger partial charge in [0.05, 0.1) is 11.6 Å². The van der Waals surface area contributed by atoms with E-state index in [9.17, 15) is 0 Å². The van der Waals surface area contributed by atoms with E-state index in [1.165, 1.54) is 11.1 Å². The number of nitrogens with two attached hydrogens (primary N) is 1. The third-order valence-electron chi connectivity index (χ3n) is 3.41. The van der Waals surface area contributed by atoms with E-state index in [0.717, 1.165) is 29.5 Å². The molecular formula is C14H20BrNO. The summed E-state index contributed by atoms with van der Waals surface area (Å²) in [4.78, 5) is 0. The lowest BCUT2D eigenvalue weighted by atomic mass is 9.96. The van der Waals surface area contributed by atoms with Crippen molar-refractivity contribution in [1.82, 2.24) is 0 Å². The fraction of sp³-hybridized carbons (Fsp3) is 0.571. The van der Waals surface area contributed by atoms with Gasteiger partial charge < -0.3 is 10.5 Å². The smallest absolute Gasteiger partial charge is 0.136 e. The minimum absolute atomic E-state index is 0.0578. The minimum atomic E-state index is 0.0578. The first kappa shape index (κ1) is 12.9. The highest BCUT2D eigenvalue weighted by Gasteiger charge is 2.38. The summed E-state index contributed by atoms with van der Waals surface area (Å²) >= 11 is 3.59. The lowest BCUT2D eigenvalue weighted by molar-refractivity contribution is 0.404. The van der Waals surface area contributed by atoms with Gasteiger partial charge in [-0.2, -0.15) is 0 Å². The van der Waals surface area contributed by atoms with Gasteiger partial charge in [-0.15, -0.1) is 0 Å². The molecule has 0 aromatic heterocycles. The monoisotopic (exact) mass is 297 g/mol. The van der Waals surface area contributed by atoms with Crippen molar-refractivity contribution < 1.29 is 4.74 Å². The van der Waals surface area contributed by atoms with Crippen molar-refractivity contribution in [3.05, 3.63) is 27.7 Å². The van der Waals surface area contributed by atoms with Gasteiger partial charge in [0.1, 0.15) is 5.75 Å². The second-order valence-electron chi connectivity index (χ2n) is 5.39. The zero-order chi connectivity index (χ0) is 12.6. The molecule has 1 aliphatic carbocycles. The predicted molar refractivity (Wildman–Crippen MR) is 74.6 cm³/mol. The highest BCUT2D eigenvalue weighted by Crippen LogP contribution is 2.39. The van der Waals surface area contributed by atoms with Crippen LogP contribution in [0.15, 0.2) is 16.6 Å². The minimum Gasteiger partial charge on any atom is -0.495 e. The molecule has 1 aliphatic rings. The largest absolute Gasteiger partial charge is 0.495 e. The maximum atomic E-state index is 6.18. The summed E-state index contributed by atoms with van der Waals surface area (Å²) in [6.45, 7) is 4.37. The molecule has 1 fully saturated rings. The molecule has 0 spiro atoms. The zero-order valence-corrected chi connectivity index (χ0v) is 12.3. The molecule has 0 aliphatic heterocycles. The molecular weight excluding hydrogens is 278 g/mol. The molecule has 94 valence electrons. The Morgan fingerprint density at radius 1 is 1.41 bits per heavy atom. The summed E-state index contributed by atoms with van der Waals surface area (Å²) in [5.74, 6) is 1.40. The quantitative estimate of drug-likeness (QED) is 0.921. The van der Waals surface area contributed by atoms with E-state index >= 15 is 0 Å². The van der Waals surface area contributed by atoms with Gasteiger partial charge in [-0.1, -0.05) is 19.9 Å². The summed E-state index contributed by atoms with van der Waals surface area (Å²) in [7, 11) is 1.72. The number of ether oxygens (including phenoxy) is 1. The fourth-order valence-corrected chi connectivity index (χ4v) is 2.85. The molecule has 0 bridgehead atoms. The Labute approximate surface area is 112 Å². The molecule has 0 amide bonds. The van der Waals surface area contributed by atoms with Gasteiger partial charge in [0.2, 0.25) is 0 Å². The Bertz CT molecular complexity index is 424. The van der Waals surface area contributed by atoms with Gasteiger partial charge in [0, 0.05) is 5.54 Å². The van der Waals surface area contributed by atoms with E-state index in [1.54, 1.807) is 7.11 Å². The number of rotatable bonds is 4. The van der Waals surface area contributed by atoms with E-state index in [1.807, 2.05) is 0 Å². The van der Waals surface area contributed by atoms with Crippen LogP contribution in [0.3, 0.4) is 0 Å². The summed E-state index contributed by atoms with van der Waals surface area (Å²) in [6.07, 6.45) is 3.26. The summed E-state index contributed by atoms with van der Waals surface area (Å²) in [5.41, 5.74) is 8.79. The standard InChI is InChI=1S/C14H20BrNO/c1-9(2)11-6-10(8-14(16)4-5-14)7-12(15)13(11)17-3/h6-7,9H,4-5,8,16H2,1-3H3. The SMILES string of the molecule is COc1c(Br)cc(CC2(N)CC2)cc1C(C)C. The maximum Gasteiger partial charge on any atom is 0.136 e. The van der Waals surface area contributed by atoms with Crippen LogP contribution in [0.5, 0.6) is 5.75 Å².